The van der Waals surface area contributed by atoms with Gasteiger partial charge in [0.2, 0.25) is 0 Å². The van der Waals surface area contributed by atoms with Gasteiger partial charge in [0.15, 0.2) is 0 Å². The first-order valence-corrected chi connectivity index (χ1v) is 7.07. The SMILES string of the molecule is COC(=O)c1sc(Cc2ccc(Cl)cc2Cl)nc1C. The van der Waals surface area contributed by atoms with Crippen molar-refractivity contribution in [1.82, 2.24) is 4.98 Å². The maximum absolute atomic E-state index is 11.5. The van der Waals surface area contributed by atoms with E-state index in [1.54, 1.807) is 19.1 Å². The van der Waals surface area contributed by atoms with Crippen LogP contribution in [0.25, 0.3) is 0 Å². The van der Waals surface area contributed by atoms with Crippen molar-refractivity contribution >= 4 is 40.5 Å². The first-order valence-electron chi connectivity index (χ1n) is 5.50. The molecule has 0 fully saturated rings. The lowest BCUT2D eigenvalue weighted by Crippen LogP contribution is -1.99. The molecule has 0 amide bonds. The van der Waals surface area contributed by atoms with Crippen LogP contribution in [0.15, 0.2) is 18.2 Å². The van der Waals surface area contributed by atoms with Gasteiger partial charge in [0.1, 0.15) is 4.88 Å². The summed E-state index contributed by atoms with van der Waals surface area (Å²) in [4.78, 5) is 16.4. The lowest BCUT2D eigenvalue weighted by atomic mass is 10.1. The van der Waals surface area contributed by atoms with Gasteiger partial charge in [-0.1, -0.05) is 29.3 Å². The molecule has 0 aliphatic carbocycles. The van der Waals surface area contributed by atoms with Gasteiger partial charge in [0, 0.05) is 16.5 Å². The highest BCUT2D eigenvalue weighted by atomic mass is 35.5. The van der Waals surface area contributed by atoms with Crippen LogP contribution in [-0.4, -0.2) is 18.1 Å². The Labute approximate surface area is 125 Å². The Hall–Kier alpha value is -1.10. The van der Waals surface area contributed by atoms with Crippen molar-refractivity contribution in [2.24, 2.45) is 0 Å². The molecule has 2 rings (SSSR count). The first-order chi connectivity index (χ1) is 9.01. The Balaban J connectivity index is 2.26. The first kappa shape index (κ1) is 14.3. The Bertz CT molecular complexity index is 625. The molecule has 0 radical (unpaired) electrons. The smallest absolute Gasteiger partial charge is 0.349 e. The molecule has 0 aliphatic rings. The van der Waals surface area contributed by atoms with Crippen LogP contribution in [0.4, 0.5) is 0 Å². The van der Waals surface area contributed by atoms with Crippen LogP contribution in [-0.2, 0) is 11.2 Å². The van der Waals surface area contributed by atoms with Crippen molar-refractivity contribution < 1.29 is 9.53 Å². The molecular weight excluding hydrogens is 305 g/mol. The number of hydrogen-bond acceptors (Lipinski definition) is 4. The molecule has 1 aromatic heterocycles. The number of esters is 1. The molecule has 0 atom stereocenters. The van der Waals surface area contributed by atoms with Crippen molar-refractivity contribution in [3.05, 3.63) is 49.4 Å². The van der Waals surface area contributed by atoms with E-state index >= 15 is 0 Å². The van der Waals surface area contributed by atoms with Crippen LogP contribution >= 0.6 is 34.5 Å². The Morgan fingerprint density at radius 2 is 2.16 bits per heavy atom. The van der Waals surface area contributed by atoms with Crippen LogP contribution in [0.2, 0.25) is 10.0 Å². The standard InChI is InChI=1S/C13H11Cl2NO2S/c1-7-12(13(17)18-2)19-11(16-7)5-8-3-4-9(14)6-10(8)15/h3-4,6H,5H2,1-2H3. The fourth-order valence-corrected chi connectivity index (χ4v) is 3.12. The molecular formula is C13H11Cl2NO2S. The van der Waals surface area contributed by atoms with Crippen LogP contribution < -0.4 is 0 Å². The summed E-state index contributed by atoms with van der Waals surface area (Å²) < 4.78 is 4.71. The number of benzene rings is 1. The minimum atomic E-state index is -0.358. The summed E-state index contributed by atoms with van der Waals surface area (Å²) >= 11 is 13.3. The highest BCUT2D eigenvalue weighted by molar-refractivity contribution is 7.13. The minimum absolute atomic E-state index is 0.358. The molecule has 0 N–H and O–H groups in total. The molecule has 6 heteroatoms. The summed E-state index contributed by atoms with van der Waals surface area (Å²) in [7, 11) is 1.36. The van der Waals surface area contributed by atoms with Gasteiger partial charge in [0.05, 0.1) is 17.8 Å². The van der Waals surface area contributed by atoms with Crippen molar-refractivity contribution in [2.75, 3.05) is 7.11 Å². The van der Waals surface area contributed by atoms with Crippen LogP contribution in [0.1, 0.15) is 25.9 Å². The van der Waals surface area contributed by atoms with Crippen molar-refractivity contribution in [3.63, 3.8) is 0 Å². The minimum Gasteiger partial charge on any atom is -0.465 e. The second-order valence-corrected chi connectivity index (χ2v) is 5.85. The van der Waals surface area contributed by atoms with E-state index in [0.717, 1.165) is 10.6 Å². The molecule has 0 spiro atoms. The van der Waals surface area contributed by atoms with Gasteiger partial charge in [-0.3, -0.25) is 0 Å². The predicted octanol–water partition coefficient (Wildman–Crippen LogP) is 4.14. The predicted molar refractivity (Wildman–Crippen MR) is 77.5 cm³/mol. The second-order valence-electron chi connectivity index (χ2n) is 3.93. The topological polar surface area (TPSA) is 39.2 Å². The monoisotopic (exact) mass is 315 g/mol. The Morgan fingerprint density at radius 1 is 1.42 bits per heavy atom. The zero-order chi connectivity index (χ0) is 14.0. The van der Waals surface area contributed by atoms with Gasteiger partial charge in [-0.2, -0.15) is 0 Å². The zero-order valence-electron chi connectivity index (χ0n) is 10.4. The number of nitrogens with zero attached hydrogens (tertiary/aromatic N) is 1. The van der Waals surface area contributed by atoms with Crippen LogP contribution in [0.3, 0.4) is 0 Å². The molecule has 3 nitrogen and oxygen atoms in total. The van der Waals surface area contributed by atoms with Crippen molar-refractivity contribution in [3.8, 4) is 0 Å². The zero-order valence-corrected chi connectivity index (χ0v) is 12.7. The molecule has 0 bridgehead atoms. The number of carbonyl (C=O) groups is 1. The van der Waals surface area contributed by atoms with E-state index in [1.165, 1.54) is 18.4 Å². The molecule has 0 saturated heterocycles. The molecule has 0 saturated carbocycles. The van der Waals surface area contributed by atoms with Gasteiger partial charge in [-0.25, -0.2) is 9.78 Å². The van der Waals surface area contributed by atoms with Gasteiger partial charge in [-0.15, -0.1) is 11.3 Å². The summed E-state index contributed by atoms with van der Waals surface area (Å²) in [5, 5.41) is 2.02. The van der Waals surface area contributed by atoms with E-state index in [2.05, 4.69) is 4.98 Å². The van der Waals surface area contributed by atoms with Crippen LogP contribution in [0.5, 0.6) is 0 Å². The summed E-state index contributed by atoms with van der Waals surface area (Å²) in [6, 6.07) is 5.34. The maximum Gasteiger partial charge on any atom is 0.349 e. The fraction of sp³-hybridized carbons (Fsp3) is 0.231. The number of thiazole rings is 1. The van der Waals surface area contributed by atoms with Gasteiger partial charge in [-0.05, 0) is 24.6 Å². The van der Waals surface area contributed by atoms with E-state index in [4.69, 9.17) is 27.9 Å². The average molecular weight is 316 g/mol. The largest absolute Gasteiger partial charge is 0.465 e. The summed E-state index contributed by atoms with van der Waals surface area (Å²) in [5.41, 5.74) is 1.60. The maximum atomic E-state index is 11.5. The highest BCUT2D eigenvalue weighted by Gasteiger charge is 2.16. The number of rotatable bonds is 3. The number of carbonyl (C=O) groups excluding carboxylic acids is 1. The summed E-state index contributed by atoms with van der Waals surface area (Å²) in [6.45, 7) is 1.79. The van der Waals surface area contributed by atoms with Gasteiger partial charge >= 0.3 is 5.97 Å². The molecule has 1 heterocycles. The van der Waals surface area contributed by atoms with E-state index in [-0.39, 0.29) is 5.97 Å². The lowest BCUT2D eigenvalue weighted by molar-refractivity contribution is 0.0605. The third-order valence-electron chi connectivity index (χ3n) is 2.57. The Kier molecular flexibility index (Phi) is 4.45. The van der Waals surface area contributed by atoms with Crippen molar-refractivity contribution in [1.29, 1.82) is 0 Å². The number of aryl methyl sites for hydroxylation is 1. The quantitative estimate of drug-likeness (QED) is 0.799. The van der Waals surface area contributed by atoms with Gasteiger partial charge < -0.3 is 4.74 Å². The Morgan fingerprint density at radius 3 is 2.79 bits per heavy atom. The molecule has 2 aromatic rings. The number of methoxy groups -OCH3 is 1. The van der Waals surface area contributed by atoms with E-state index < -0.39 is 0 Å². The third-order valence-corrected chi connectivity index (χ3v) is 4.29. The fourth-order valence-electron chi connectivity index (χ4n) is 1.64. The molecule has 1 aromatic carbocycles. The lowest BCUT2D eigenvalue weighted by Gasteiger charge is -2.01. The third kappa shape index (κ3) is 3.26. The van der Waals surface area contributed by atoms with E-state index in [0.29, 0.717) is 27.0 Å². The average Bonchev–Trinajstić information content (AvgIpc) is 2.73. The number of ether oxygens (including phenoxy) is 1. The second kappa shape index (κ2) is 5.90. The molecule has 19 heavy (non-hydrogen) atoms. The molecule has 0 aliphatic heterocycles. The highest BCUT2D eigenvalue weighted by Crippen LogP contribution is 2.26. The van der Waals surface area contributed by atoms with Crippen molar-refractivity contribution in [2.45, 2.75) is 13.3 Å². The molecule has 100 valence electrons. The summed E-state index contributed by atoms with van der Waals surface area (Å²) in [6.07, 6.45) is 0.568. The molecule has 0 unspecified atom stereocenters. The number of hydrogen-bond donors (Lipinski definition) is 0. The van der Waals surface area contributed by atoms with E-state index in [1.807, 2.05) is 6.07 Å². The van der Waals surface area contributed by atoms with Crippen LogP contribution in [0, 0.1) is 6.92 Å². The summed E-state index contributed by atoms with van der Waals surface area (Å²) in [5.74, 6) is -0.358. The van der Waals surface area contributed by atoms with E-state index in [9.17, 15) is 4.79 Å². The number of halogens is 2. The van der Waals surface area contributed by atoms with Gasteiger partial charge in [0.25, 0.3) is 0 Å². The number of aromatic nitrogens is 1. The normalized spacial score (nSPS) is 10.5.